The fraction of sp³-hybridized carbons (Fsp3) is 0.500. The minimum absolute atomic E-state index is 0.250. The molecule has 1 aromatic rings. The van der Waals surface area contributed by atoms with E-state index in [1.165, 1.54) is 10.4 Å². The first-order valence-electron chi connectivity index (χ1n) is 6.13. The van der Waals surface area contributed by atoms with Crippen LogP contribution in [-0.2, 0) is 16.2 Å². The Labute approximate surface area is 115 Å². The minimum Gasteiger partial charge on any atom is -0.314 e. The first-order valence-corrected chi connectivity index (χ1v) is 7.57. The molecular weight excluding hydrogens is 293 g/mol. The molecule has 4 nitrogen and oxygen atoms in total. The van der Waals surface area contributed by atoms with Gasteiger partial charge < -0.3 is 5.32 Å². The van der Waals surface area contributed by atoms with Crippen LogP contribution in [0.1, 0.15) is 12.5 Å². The number of halogens is 3. The topological polar surface area (TPSA) is 49.4 Å². The van der Waals surface area contributed by atoms with Crippen LogP contribution >= 0.6 is 0 Å². The van der Waals surface area contributed by atoms with Crippen LogP contribution in [0.15, 0.2) is 29.2 Å². The van der Waals surface area contributed by atoms with Crippen LogP contribution in [0, 0.1) is 0 Å². The van der Waals surface area contributed by atoms with Gasteiger partial charge in [0, 0.05) is 25.7 Å². The van der Waals surface area contributed by atoms with E-state index in [-0.39, 0.29) is 17.5 Å². The molecule has 1 heterocycles. The van der Waals surface area contributed by atoms with Gasteiger partial charge in [0.1, 0.15) is 0 Å². The molecule has 1 aromatic carbocycles. The summed E-state index contributed by atoms with van der Waals surface area (Å²) >= 11 is 0. The maximum Gasteiger partial charge on any atom is 0.416 e. The zero-order chi connectivity index (χ0) is 15.0. The van der Waals surface area contributed by atoms with E-state index in [1.54, 1.807) is 6.92 Å². The Morgan fingerprint density at radius 3 is 2.65 bits per heavy atom. The van der Waals surface area contributed by atoms with Crippen molar-refractivity contribution in [3.8, 4) is 0 Å². The Morgan fingerprint density at radius 2 is 2.05 bits per heavy atom. The van der Waals surface area contributed by atoms with Gasteiger partial charge in [0.15, 0.2) is 0 Å². The number of rotatable bonds is 2. The van der Waals surface area contributed by atoms with Crippen LogP contribution in [0.4, 0.5) is 13.2 Å². The molecule has 1 aliphatic heterocycles. The number of nitrogens with one attached hydrogen (secondary N) is 1. The summed E-state index contributed by atoms with van der Waals surface area (Å²) in [5.74, 6) is 0. The molecule has 0 radical (unpaired) electrons. The fourth-order valence-corrected chi connectivity index (χ4v) is 3.82. The SMILES string of the molecule is C[C@@H]1CNCCN1S(=O)(=O)c1cccc(C(F)(F)F)c1. The van der Waals surface area contributed by atoms with Crippen molar-refractivity contribution < 1.29 is 21.6 Å². The Morgan fingerprint density at radius 1 is 1.35 bits per heavy atom. The van der Waals surface area contributed by atoms with Gasteiger partial charge in [-0.15, -0.1) is 0 Å². The molecule has 1 fully saturated rings. The van der Waals surface area contributed by atoms with Crippen molar-refractivity contribution >= 4 is 10.0 Å². The predicted molar refractivity (Wildman–Crippen MR) is 67.7 cm³/mol. The fourth-order valence-electron chi connectivity index (χ4n) is 2.15. The van der Waals surface area contributed by atoms with E-state index in [0.29, 0.717) is 19.2 Å². The molecule has 0 spiro atoms. The summed E-state index contributed by atoms with van der Waals surface area (Å²) in [6, 6.07) is 3.56. The first-order chi connectivity index (χ1) is 9.23. The molecule has 0 amide bonds. The second kappa shape index (κ2) is 5.34. The van der Waals surface area contributed by atoms with Crippen molar-refractivity contribution in [3.05, 3.63) is 29.8 Å². The summed E-state index contributed by atoms with van der Waals surface area (Å²) in [5, 5.41) is 3.04. The number of nitrogens with zero attached hydrogens (tertiary/aromatic N) is 1. The minimum atomic E-state index is -4.55. The van der Waals surface area contributed by atoms with Crippen molar-refractivity contribution in [1.82, 2.24) is 9.62 Å². The first kappa shape index (κ1) is 15.3. The summed E-state index contributed by atoms with van der Waals surface area (Å²) in [7, 11) is -3.90. The molecule has 112 valence electrons. The zero-order valence-corrected chi connectivity index (χ0v) is 11.6. The number of sulfonamides is 1. The van der Waals surface area contributed by atoms with Gasteiger partial charge in [-0.3, -0.25) is 0 Å². The van der Waals surface area contributed by atoms with Gasteiger partial charge in [0.2, 0.25) is 10.0 Å². The molecule has 1 aliphatic rings. The zero-order valence-electron chi connectivity index (χ0n) is 10.8. The quantitative estimate of drug-likeness (QED) is 0.904. The van der Waals surface area contributed by atoms with Crippen molar-refractivity contribution in [1.29, 1.82) is 0 Å². The van der Waals surface area contributed by atoms with Crippen LogP contribution in [-0.4, -0.2) is 38.4 Å². The molecule has 8 heteroatoms. The van der Waals surface area contributed by atoms with Crippen LogP contribution in [0.3, 0.4) is 0 Å². The van der Waals surface area contributed by atoms with Crippen LogP contribution in [0.5, 0.6) is 0 Å². The number of piperazine rings is 1. The third kappa shape index (κ3) is 2.97. The number of benzene rings is 1. The Bertz CT molecular complexity index is 587. The molecular formula is C12H15F3N2O2S. The predicted octanol–water partition coefficient (Wildman–Crippen LogP) is 1.69. The van der Waals surface area contributed by atoms with Crippen molar-refractivity contribution in [2.24, 2.45) is 0 Å². The molecule has 0 aliphatic carbocycles. The van der Waals surface area contributed by atoms with E-state index >= 15 is 0 Å². The van der Waals surface area contributed by atoms with Gasteiger partial charge in [-0.05, 0) is 25.1 Å². The molecule has 0 saturated carbocycles. The van der Waals surface area contributed by atoms with Gasteiger partial charge >= 0.3 is 6.18 Å². The summed E-state index contributed by atoms with van der Waals surface area (Å²) in [5.41, 5.74) is -0.957. The van der Waals surface area contributed by atoms with Crippen LogP contribution in [0.2, 0.25) is 0 Å². The monoisotopic (exact) mass is 308 g/mol. The third-order valence-electron chi connectivity index (χ3n) is 3.21. The highest BCUT2D eigenvalue weighted by atomic mass is 32.2. The average Bonchev–Trinajstić information content (AvgIpc) is 2.38. The van der Waals surface area contributed by atoms with Gasteiger partial charge in [0.05, 0.1) is 10.5 Å². The smallest absolute Gasteiger partial charge is 0.314 e. The van der Waals surface area contributed by atoms with Crippen molar-refractivity contribution in [2.45, 2.75) is 24.0 Å². The lowest BCUT2D eigenvalue weighted by Crippen LogP contribution is -2.52. The Hall–Kier alpha value is -1.12. The van der Waals surface area contributed by atoms with Crippen LogP contribution < -0.4 is 5.32 Å². The highest BCUT2D eigenvalue weighted by Gasteiger charge is 2.34. The maximum atomic E-state index is 12.7. The molecule has 20 heavy (non-hydrogen) atoms. The molecule has 1 saturated heterocycles. The van der Waals surface area contributed by atoms with E-state index in [4.69, 9.17) is 0 Å². The molecule has 2 rings (SSSR count). The average molecular weight is 308 g/mol. The van der Waals surface area contributed by atoms with Gasteiger partial charge in [-0.25, -0.2) is 8.42 Å². The normalized spacial score (nSPS) is 21.9. The van der Waals surface area contributed by atoms with Gasteiger partial charge in [-0.2, -0.15) is 17.5 Å². The molecule has 0 bridgehead atoms. The number of hydrogen-bond acceptors (Lipinski definition) is 3. The van der Waals surface area contributed by atoms with Crippen LogP contribution in [0.25, 0.3) is 0 Å². The van der Waals surface area contributed by atoms with Gasteiger partial charge in [-0.1, -0.05) is 6.07 Å². The van der Waals surface area contributed by atoms with Crippen molar-refractivity contribution in [2.75, 3.05) is 19.6 Å². The summed E-state index contributed by atoms with van der Waals surface area (Å²) < 4.78 is 64.0. The summed E-state index contributed by atoms with van der Waals surface area (Å²) in [6.07, 6.45) is -4.55. The van der Waals surface area contributed by atoms with E-state index in [2.05, 4.69) is 5.32 Å². The lowest BCUT2D eigenvalue weighted by molar-refractivity contribution is -0.137. The highest BCUT2D eigenvalue weighted by Crippen LogP contribution is 2.31. The van der Waals surface area contributed by atoms with E-state index < -0.39 is 21.8 Å². The van der Waals surface area contributed by atoms with E-state index in [9.17, 15) is 21.6 Å². The number of alkyl halides is 3. The van der Waals surface area contributed by atoms with Crippen molar-refractivity contribution in [3.63, 3.8) is 0 Å². The second-order valence-corrected chi connectivity index (χ2v) is 6.59. The summed E-state index contributed by atoms with van der Waals surface area (Å²) in [6.45, 7) is 2.94. The highest BCUT2D eigenvalue weighted by molar-refractivity contribution is 7.89. The lowest BCUT2D eigenvalue weighted by Gasteiger charge is -2.32. The second-order valence-electron chi connectivity index (χ2n) is 4.69. The lowest BCUT2D eigenvalue weighted by atomic mass is 10.2. The van der Waals surface area contributed by atoms with E-state index in [0.717, 1.165) is 12.1 Å². The molecule has 1 N–H and O–H groups in total. The molecule has 0 aromatic heterocycles. The standard InChI is InChI=1S/C12H15F3N2O2S/c1-9-8-16-5-6-17(9)20(18,19)11-4-2-3-10(7-11)12(13,14)15/h2-4,7,9,16H,5-6,8H2,1H3/t9-/m1/s1. The third-order valence-corrected chi connectivity index (χ3v) is 5.22. The molecule has 1 atom stereocenters. The largest absolute Gasteiger partial charge is 0.416 e. The maximum absolute atomic E-state index is 12.7. The number of hydrogen-bond donors (Lipinski definition) is 1. The Kier molecular flexibility index (Phi) is 4.08. The summed E-state index contributed by atoms with van der Waals surface area (Å²) in [4.78, 5) is -0.318. The van der Waals surface area contributed by atoms with Gasteiger partial charge in [0.25, 0.3) is 0 Å². The van der Waals surface area contributed by atoms with E-state index in [1.807, 2.05) is 0 Å². The molecule has 0 unspecified atom stereocenters. The Balaban J connectivity index is 2.39.